The van der Waals surface area contributed by atoms with Crippen LogP contribution in [0.2, 0.25) is 0 Å². The first-order chi connectivity index (χ1) is 9.08. The maximum Gasteiger partial charge on any atom is 0.226 e. The molecule has 0 spiro atoms. The molecule has 0 aliphatic carbocycles. The number of rotatable bonds is 4. The molecule has 0 unspecified atom stereocenters. The van der Waals surface area contributed by atoms with E-state index in [4.69, 9.17) is 4.74 Å². The quantitative estimate of drug-likeness (QED) is 0.925. The Morgan fingerprint density at radius 1 is 1.32 bits per heavy atom. The van der Waals surface area contributed by atoms with Crippen molar-refractivity contribution in [2.24, 2.45) is 0 Å². The number of ether oxygens (including phenoxy) is 1. The minimum Gasteiger partial charge on any atom is -0.438 e. The van der Waals surface area contributed by atoms with Crippen LogP contribution in [0.5, 0.6) is 11.6 Å². The van der Waals surface area contributed by atoms with E-state index in [0.717, 1.165) is 5.69 Å². The fourth-order valence-electron chi connectivity index (χ4n) is 1.50. The molecule has 1 aromatic carbocycles. The van der Waals surface area contributed by atoms with Gasteiger partial charge in [0.2, 0.25) is 11.8 Å². The van der Waals surface area contributed by atoms with Crippen LogP contribution >= 0.6 is 15.9 Å². The fourth-order valence-corrected chi connectivity index (χ4v) is 1.82. The first-order valence-corrected chi connectivity index (χ1v) is 6.60. The first kappa shape index (κ1) is 13.7. The molecule has 1 N–H and O–H groups in total. The third kappa shape index (κ3) is 3.64. The summed E-state index contributed by atoms with van der Waals surface area (Å²) in [7, 11) is 0. The van der Waals surface area contributed by atoms with Crippen molar-refractivity contribution in [3.05, 3.63) is 40.2 Å². The highest BCUT2D eigenvalue weighted by molar-refractivity contribution is 9.10. The van der Waals surface area contributed by atoms with Crippen LogP contribution in [0, 0.1) is 12.7 Å². The van der Waals surface area contributed by atoms with Crippen LogP contribution in [0.15, 0.2) is 28.7 Å². The van der Waals surface area contributed by atoms with Gasteiger partial charge < -0.3 is 10.1 Å². The summed E-state index contributed by atoms with van der Waals surface area (Å²) in [6.07, 6.45) is 0. The molecule has 4 nitrogen and oxygen atoms in total. The summed E-state index contributed by atoms with van der Waals surface area (Å²) in [5, 5.41) is 3.01. The summed E-state index contributed by atoms with van der Waals surface area (Å²) in [6.45, 7) is 4.51. The number of aromatic nitrogens is 2. The van der Waals surface area contributed by atoms with Crippen LogP contribution in [-0.2, 0) is 0 Å². The monoisotopic (exact) mass is 325 g/mol. The van der Waals surface area contributed by atoms with Gasteiger partial charge in [-0.2, -0.15) is 4.98 Å². The average molecular weight is 326 g/mol. The van der Waals surface area contributed by atoms with E-state index < -0.39 is 0 Å². The zero-order valence-corrected chi connectivity index (χ0v) is 12.2. The maximum atomic E-state index is 13.2. The van der Waals surface area contributed by atoms with Crippen molar-refractivity contribution in [3.8, 4) is 11.6 Å². The number of hydrogen-bond acceptors (Lipinski definition) is 4. The number of aryl methyl sites for hydroxylation is 1. The van der Waals surface area contributed by atoms with E-state index in [9.17, 15) is 4.39 Å². The van der Waals surface area contributed by atoms with Gasteiger partial charge in [0.1, 0.15) is 11.6 Å². The minimum absolute atomic E-state index is 0.365. The van der Waals surface area contributed by atoms with Crippen molar-refractivity contribution in [3.63, 3.8) is 0 Å². The van der Waals surface area contributed by atoms with Gasteiger partial charge in [-0.15, -0.1) is 0 Å². The van der Waals surface area contributed by atoms with E-state index in [-0.39, 0.29) is 5.82 Å². The third-order valence-electron chi connectivity index (χ3n) is 2.27. The van der Waals surface area contributed by atoms with Crippen LogP contribution < -0.4 is 10.1 Å². The molecule has 0 fully saturated rings. The summed E-state index contributed by atoms with van der Waals surface area (Å²) in [6, 6.07) is 5.93. The van der Waals surface area contributed by atoms with Crippen molar-refractivity contribution in [1.82, 2.24) is 9.97 Å². The molecule has 0 amide bonds. The fraction of sp³-hybridized carbons (Fsp3) is 0.231. The Balaban J connectivity index is 2.29. The van der Waals surface area contributed by atoms with E-state index >= 15 is 0 Å². The van der Waals surface area contributed by atoms with Crippen molar-refractivity contribution in [2.75, 3.05) is 11.9 Å². The Morgan fingerprint density at radius 2 is 2.11 bits per heavy atom. The van der Waals surface area contributed by atoms with Gasteiger partial charge in [0.05, 0.1) is 4.47 Å². The number of anilines is 1. The molecule has 2 aromatic rings. The molecule has 0 saturated heterocycles. The van der Waals surface area contributed by atoms with Gasteiger partial charge in [0.15, 0.2) is 0 Å². The van der Waals surface area contributed by atoms with Crippen LogP contribution in [0.25, 0.3) is 0 Å². The predicted octanol–water partition coefficient (Wildman–Crippen LogP) is 3.91. The first-order valence-electron chi connectivity index (χ1n) is 5.81. The second-order valence-electron chi connectivity index (χ2n) is 3.88. The second kappa shape index (κ2) is 5.97. The molecule has 100 valence electrons. The molecule has 0 aliphatic rings. The highest BCUT2D eigenvalue weighted by Crippen LogP contribution is 2.29. The minimum atomic E-state index is -0.365. The third-order valence-corrected chi connectivity index (χ3v) is 2.93. The van der Waals surface area contributed by atoms with E-state index in [1.807, 2.05) is 13.8 Å². The summed E-state index contributed by atoms with van der Waals surface area (Å²) < 4.78 is 19.4. The molecule has 0 bridgehead atoms. The largest absolute Gasteiger partial charge is 0.438 e. The molecule has 0 saturated carbocycles. The Kier molecular flexibility index (Phi) is 4.31. The lowest BCUT2D eigenvalue weighted by molar-refractivity contribution is 0.454. The predicted molar refractivity (Wildman–Crippen MR) is 75.1 cm³/mol. The molecule has 6 heteroatoms. The van der Waals surface area contributed by atoms with Gasteiger partial charge in [-0.25, -0.2) is 9.37 Å². The van der Waals surface area contributed by atoms with E-state index in [2.05, 4.69) is 31.2 Å². The summed E-state index contributed by atoms with van der Waals surface area (Å²) in [5.41, 5.74) is 0.772. The van der Waals surface area contributed by atoms with Gasteiger partial charge in [0, 0.05) is 24.4 Å². The highest BCUT2D eigenvalue weighted by atomic mass is 79.9. The summed E-state index contributed by atoms with van der Waals surface area (Å²) in [4.78, 5) is 8.42. The molecule has 19 heavy (non-hydrogen) atoms. The molecule has 1 aromatic heterocycles. The highest BCUT2D eigenvalue weighted by Gasteiger charge is 2.08. The lowest BCUT2D eigenvalue weighted by Crippen LogP contribution is -2.04. The molecule has 0 radical (unpaired) electrons. The van der Waals surface area contributed by atoms with Crippen molar-refractivity contribution >= 4 is 21.9 Å². The van der Waals surface area contributed by atoms with Crippen molar-refractivity contribution in [2.45, 2.75) is 13.8 Å². The van der Waals surface area contributed by atoms with E-state index in [1.165, 1.54) is 12.1 Å². The van der Waals surface area contributed by atoms with Gasteiger partial charge >= 0.3 is 0 Å². The number of nitrogens with zero attached hydrogens (tertiary/aromatic N) is 2. The van der Waals surface area contributed by atoms with Gasteiger partial charge in [-0.1, -0.05) is 0 Å². The average Bonchev–Trinajstić information content (AvgIpc) is 2.33. The maximum absolute atomic E-state index is 13.2. The number of nitrogens with one attached hydrogen (secondary N) is 1. The second-order valence-corrected chi connectivity index (χ2v) is 4.73. The lowest BCUT2D eigenvalue weighted by Gasteiger charge is -2.09. The number of benzene rings is 1. The molecule has 1 heterocycles. The van der Waals surface area contributed by atoms with Crippen LogP contribution in [0.3, 0.4) is 0 Å². The zero-order chi connectivity index (χ0) is 13.8. The molecule has 0 atom stereocenters. The van der Waals surface area contributed by atoms with Gasteiger partial charge in [-0.3, -0.25) is 0 Å². The summed E-state index contributed by atoms with van der Waals surface area (Å²) in [5.74, 6) is 0.871. The Labute approximate surface area is 119 Å². The number of hydrogen-bond donors (Lipinski definition) is 1. The van der Waals surface area contributed by atoms with Gasteiger partial charge in [0.25, 0.3) is 0 Å². The smallest absolute Gasteiger partial charge is 0.226 e. The SMILES string of the molecule is CCNc1nc(C)cc(Oc2cc(F)ccc2Br)n1. The lowest BCUT2D eigenvalue weighted by atomic mass is 10.3. The Bertz CT molecular complexity index is 592. The zero-order valence-electron chi connectivity index (χ0n) is 10.6. The topological polar surface area (TPSA) is 47.0 Å². The van der Waals surface area contributed by atoms with Crippen molar-refractivity contribution in [1.29, 1.82) is 0 Å². The van der Waals surface area contributed by atoms with E-state index in [0.29, 0.717) is 28.6 Å². The molecular weight excluding hydrogens is 313 g/mol. The summed E-state index contributed by atoms with van der Waals surface area (Å²) >= 11 is 3.31. The Morgan fingerprint density at radius 3 is 2.84 bits per heavy atom. The van der Waals surface area contributed by atoms with Crippen LogP contribution in [-0.4, -0.2) is 16.5 Å². The normalized spacial score (nSPS) is 10.3. The van der Waals surface area contributed by atoms with Crippen LogP contribution in [0.4, 0.5) is 10.3 Å². The van der Waals surface area contributed by atoms with Crippen LogP contribution in [0.1, 0.15) is 12.6 Å². The molecule has 0 aliphatic heterocycles. The standard InChI is InChI=1S/C13H13BrFN3O/c1-3-16-13-17-8(2)6-12(18-13)19-11-7-9(15)4-5-10(11)14/h4-7H,3H2,1-2H3,(H,16,17,18). The van der Waals surface area contributed by atoms with E-state index in [1.54, 1.807) is 12.1 Å². The molecular formula is C13H13BrFN3O. The Hall–Kier alpha value is -1.69. The number of halogens is 2. The van der Waals surface area contributed by atoms with Crippen molar-refractivity contribution < 1.29 is 9.13 Å². The van der Waals surface area contributed by atoms with Gasteiger partial charge in [-0.05, 0) is 41.9 Å². The molecule has 2 rings (SSSR count).